The summed E-state index contributed by atoms with van der Waals surface area (Å²) < 4.78 is 0.621. The number of hydrogen-bond acceptors (Lipinski definition) is 0. The SMILES string of the molecule is Cl/C(I)=C(\Cl)CBr. The van der Waals surface area contributed by atoms with E-state index in [9.17, 15) is 0 Å². The van der Waals surface area contributed by atoms with Gasteiger partial charge >= 0.3 is 0 Å². The first-order chi connectivity index (χ1) is 3.18. The van der Waals surface area contributed by atoms with Gasteiger partial charge in [0, 0.05) is 5.33 Å². The number of hydrogen-bond donors (Lipinski definition) is 0. The Morgan fingerprint density at radius 2 is 2.00 bits per heavy atom. The summed E-state index contributed by atoms with van der Waals surface area (Å²) in [5, 5.41) is 1.29. The van der Waals surface area contributed by atoms with Crippen LogP contribution in [0.4, 0.5) is 0 Å². The minimum absolute atomic E-state index is 0.621. The van der Waals surface area contributed by atoms with Crippen molar-refractivity contribution < 1.29 is 0 Å². The smallest absolute Gasteiger partial charge is 0.0866 e. The standard InChI is InChI=1S/C3H2BrCl2I/c4-1-2(5)3(6)7/h1H2/b3-2+. The highest BCUT2D eigenvalue weighted by atomic mass is 127. The molecule has 42 valence electrons. The molecule has 0 aromatic carbocycles. The van der Waals surface area contributed by atoms with E-state index in [1.54, 1.807) is 0 Å². The van der Waals surface area contributed by atoms with Crippen molar-refractivity contribution in [1.82, 2.24) is 0 Å². The Hall–Kier alpha value is 1.53. The first kappa shape index (κ1) is 8.53. The Kier molecular flexibility index (Phi) is 5.38. The second-order valence-corrected chi connectivity index (χ2v) is 3.91. The highest BCUT2D eigenvalue weighted by Gasteiger charge is 1.91. The van der Waals surface area contributed by atoms with Crippen LogP contribution in [0.1, 0.15) is 0 Å². The van der Waals surface area contributed by atoms with Crippen molar-refractivity contribution in [2.24, 2.45) is 0 Å². The van der Waals surface area contributed by atoms with Gasteiger partial charge in [-0.25, -0.2) is 0 Å². The Labute approximate surface area is 74.5 Å². The van der Waals surface area contributed by atoms with E-state index in [1.165, 1.54) is 0 Å². The van der Waals surface area contributed by atoms with Crippen molar-refractivity contribution in [2.75, 3.05) is 5.33 Å². The Balaban J connectivity index is 3.72. The minimum atomic E-state index is 0.621. The van der Waals surface area contributed by atoms with Crippen LogP contribution in [0.3, 0.4) is 0 Å². The lowest BCUT2D eigenvalue weighted by atomic mass is 10.8. The lowest BCUT2D eigenvalue weighted by molar-refractivity contribution is 1.76. The van der Waals surface area contributed by atoms with Crippen molar-refractivity contribution in [3.8, 4) is 0 Å². The van der Waals surface area contributed by atoms with Gasteiger partial charge in [0.15, 0.2) is 0 Å². The molecule has 0 atom stereocenters. The fraction of sp³-hybridized carbons (Fsp3) is 0.333. The molecule has 0 fully saturated rings. The van der Waals surface area contributed by atoms with Crippen molar-refractivity contribution in [2.45, 2.75) is 0 Å². The molecule has 0 bridgehead atoms. The van der Waals surface area contributed by atoms with E-state index in [0.717, 1.165) is 0 Å². The van der Waals surface area contributed by atoms with Gasteiger partial charge in [-0.1, -0.05) is 39.1 Å². The van der Waals surface area contributed by atoms with E-state index in [0.29, 0.717) is 13.4 Å². The largest absolute Gasteiger partial charge is 0.0942 e. The summed E-state index contributed by atoms with van der Waals surface area (Å²) in [5.74, 6) is 0. The van der Waals surface area contributed by atoms with E-state index in [-0.39, 0.29) is 0 Å². The van der Waals surface area contributed by atoms with E-state index >= 15 is 0 Å². The van der Waals surface area contributed by atoms with Gasteiger partial charge < -0.3 is 0 Å². The highest BCUT2D eigenvalue weighted by molar-refractivity contribution is 14.1. The fourth-order valence-electron chi connectivity index (χ4n) is 0.0505. The van der Waals surface area contributed by atoms with E-state index < -0.39 is 0 Å². The van der Waals surface area contributed by atoms with E-state index in [1.807, 2.05) is 22.6 Å². The molecule has 0 amide bonds. The maximum atomic E-state index is 5.49. The van der Waals surface area contributed by atoms with Gasteiger partial charge in [-0.15, -0.1) is 0 Å². The van der Waals surface area contributed by atoms with Crippen LogP contribution in [0, 0.1) is 0 Å². The second-order valence-electron chi connectivity index (χ2n) is 0.799. The van der Waals surface area contributed by atoms with Gasteiger partial charge in [0.05, 0.1) is 8.07 Å². The van der Waals surface area contributed by atoms with Crippen molar-refractivity contribution in [1.29, 1.82) is 0 Å². The van der Waals surface area contributed by atoms with Crippen LogP contribution in [0.5, 0.6) is 0 Å². The summed E-state index contributed by atoms with van der Waals surface area (Å²) in [4.78, 5) is 0. The predicted octanol–water partition coefficient (Wildman–Crippen LogP) is 3.46. The van der Waals surface area contributed by atoms with Gasteiger partial charge in [-0.3, -0.25) is 0 Å². The van der Waals surface area contributed by atoms with Gasteiger partial charge in [-0.05, 0) is 22.6 Å². The molecular formula is C3H2BrCl2I. The molecule has 0 spiro atoms. The monoisotopic (exact) mass is 314 g/mol. The van der Waals surface area contributed by atoms with Crippen LogP contribution >= 0.6 is 61.7 Å². The first-order valence-corrected chi connectivity index (χ1v) is 4.39. The fourth-order valence-corrected chi connectivity index (χ4v) is 1.27. The summed E-state index contributed by atoms with van der Waals surface area (Å²) in [6.07, 6.45) is 0. The van der Waals surface area contributed by atoms with Gasteiger partial charge in [-0.2, -0.15) is 0 Å². The van der Waals surface area contributed by atoms with Gasteiger partial charge in [0.1, 0.15) is 0 Å². The first-order valence-electron chi connectivity index (χ1n) is 1.44. The molecule has 0 radical (unpaired) electrons. The second kappa shape index (κ2) is 4.41. The molecule has 0 saturated carbocycles. The summed E-state index contributed by atoms with van der Waals surface area (Å²) in [6, 6.07) is 0. The number of rotatable bonds is 1. The van der Waals surface area contributed by atoms with E-state index in [4.69, 9.17) is 23.2 Å². The van der Waals surface area contributed by atoms with Gasteiger partial charge in [0.2, 0.25) is 0 Å². The normalized spacial score (nSPS) is 13.7. The maximum absolute atomic E-state index is 5.49. The lowest BCUT2D eigenvalue weighted by Gasteiger charge is -1.86. The predicted molar refractivity (Wildman–Crippen MR) is 46.5 cm³/mol. The van der Waals surface area contributed by atoms with Crippen molar-refractivity contribution >= 4 is 61.7 Å². The van der Waals surface area contributed by atoms with Crippen LogP contribution in [-0.2, 0) is 0 Å². The summed E-state index contributed by atoms with van der Waals surface area (Å²) in [6.45, 7) is 0. The molecule has 0 aromatic heterocycles. The molecule has 0 saturated heterocycles. The molecule has 0 N–H and O–H groups in total. The van der Waals surface area contributed by atoms with Crippen molar-refractivity contribution in [3.63, 3.8) is 0 Å². The average Bonchev–Trinajstić information content (AvgIpc) is 1.65. The molecule has 4 heteroatoms. The molecule has 0 nitrogen and oxygen atoms in total. The third-order valence-corrected chi connectivity index (χ3v) is 2.82. The Morgan fingerprint density at radius 1 is 1.57 bits per heavy atom. The van der Waals surface area contributed by atoms with Crippen LogP contribution in [0.15, 0.2) is 8.07 Å². The van der Waals surface area contributed by atoms with Crippen LogP contribution in [0.25, 0.3) is 0 Å². The van der Waals surface area contributed by atoms with Gasteiger partial charge in [0.25, 0.3) is 0 Å². The van der Waals surface area contributed by atoms with E-state index in [2.05, 4.69) is 15.9 Å². The summed E-state index contributed by atoms with van der Waals surface area (Å²) >= 11 is 16.0. The zero-order valence-corrected chi connectivity index (χ0v) is 8.47. The number of allylic oxidation sites excluding steroid dienone is 1. The minimum Gasteiger partial charge on any atom is -0.0866 e. The topological polar surface area (TPSA) is 0 Å². The van der Waals surface area contributed by atoms with Crippen LogP contribution in [0.2, 0.25) is 0 Å². The third-order valence-electron chi connectivity index (χ3n) is 0.322. The molecule has 0 aromatic rings. The maximum Gasteiger partial charge on any atom is 0.0942 e. The van der Waals surface area contributed by atoms with Crippen LogP contribution in [-0.4, -0.2) is 5.33 Å². The zero-order valence-electron chi connectivity index (χ0n) is 3.22. The van der Waals surface area contributed by atoms with Crippen LogP contribution < -0.4 is 0 Å². The molecule has 0 aliphatic heterocycles. The molecule has 0 aliphatic rings. The molecule has 0 unspecified atom stereocenters. The molecule has 7 heavy (non-hydrogen) atoms. The third kappa shape index (κ3) is 4.06. The number of halogens is 4. The molecule has 0 heterocycles. The summed E-state index contributed by atoms with van der Waals surface area (Å²) in [7, 11) is 0. The molecule has 0 rings (SSSR count). The zero-order chi connectivity index (χ0) is 5.86. The lowest BCUT2D eigenvalue weighted by Crippen LogP contribution is -1.68. The quantitative estimate of drug-likeness (QED) is 0.513. The van der Waals surface area contributed by atoms with Crippen molar-refractivity contribution in [3.05, 3.63) is 8.07 Å². The summed E-state index contributed by atoms with van der Waals surface area (Å²) in [5.41, 5.74) is 0. The Morgan fingerprint density at radius 3 is 2.00 bits per heavy atom. The highest BCUT2D eigenvalue weighted by Crippen LogP contribution is 2.21. The number of alkyl halides is 1. The average molecular weight is 316 g/mol. The Bertz CT molecular complexity index is 86.9. The molecule has 0 aliphatic carbocycles. The molecular weight excluding hydrogens is 314 g/mol.